The number of hydrogen-bond donors (Lipinski definition) is 2. The van der Waals surface area contributed by atoms with Gasteiger partial charge in [0.2, 0.25) is 0 Å². The molecule has 0 bridgehead atoms. The van der Waals surface area contributed by atoms with Crippen LogP contribution in [0.3, 0.4) is 0 Å². The fraction of sp³-hybridized carbons (Fsp3) is 0.429. The maximum absolute atomic E-state index is 12.2. The average Bonchev–Trinajstić information content (AvgIpc) is 3.02. The predicted octanol–water partition coefficient (Wildman–Crippen LogP) is 0.891. The molecular formula is C14H19N5O3. The lowest BCUT2D eigenvalue weighted by atomic mass is 10.1. The Hall–Kier alpha value is -2.64. The number of amides is 1. The molecule has 1 atom stereocenters. The summed E-state index contributed by atoms with van der Waals surface area (Å²) >= 11 is 0. The van der Waals surface area contributed by atoms with Crippen molar-refractivity contribution in [3.05, 3.63) is 35.4 Å². The van der Waals surface area contributed by atoms with Crippen molar-refractivity contribution in [2.45, 2.75) is 32.9 Å². The fourth-order valence-electron chi connectivity index (χ4n) is 2.21. The van der Waals surface area contributed by atoms with Crippen LogP contribution in [0.25, 0.3) is 0 Å². The van der Waals surface area contributed by atoms with E-state index < -0.39 is 5.97 Å². The average molecular weight is 305 g/mol. The Bertz CT molecular complexity index is 688. The molecule has 2 heterocycles. The molecule has 0 spiro atoms. The van der Waals surface area contributed by atoms with E-state index in [1.54, 1.807) is 16.9 Å². The van der Waals surface area contributed by atoms with Crippen LogP contribution < -0.4 is 5.32 Å². The van der Waals surface area contributed by atoms with Crippen LogP contribution in [0.5, 0.6) is 0 Å². The second-order valence-electron chi connectivity index (χ2n) is 5.15. The first kappa shape index (κ1) is 15.7. The zero-order valence-electron chi connectivity index (χ0n) is 12.8. The van der Waals surface area contributed by atoms with E-state index in [4.69, 9.17) is 5.11 Å². The van der Waals surface area contributed by atoms with Gasteiger partial charge in [-0.1, -0.05) is 0 Å². The number of carbonyl (C=O) groups is 2. The Labute approximate surface area is 127 Å². The number of carboxylic acid groups (broad SMARTS) is 1. The van der Waals surface area contributed by atoms with Crippen LogP contribution in [0.4, 0.5) is 0 Å². The molecule has 2 N–H and O–H groups in total. The Morgan fingerprint density at radius 1 is 1.41 bits per heavy atom. The first-order chi connectivity index (χ1) is 10.4. The molecular weight excluding hydrogens is 286 g/mol. The van der Waals surface area contributed by atoms with Crippen LogP contribution in [0, 0.1) is 6.92 Å². The normalized spacial score (nSPS) is 12.1. The molecule has 2 rings (SSSR count). The van der Waals surface area contributed by atoms with Crippen molar-refractivity contribution in [2.24, 2.45) is 7.05 Å². The summed E-state index contributed by atoms with van der Waals surface area (Å²) in [5, 5.41) is 19.8. The first-order valence-corrected chi connectivity index (χ1v) is 6.93. The van der Waals surface area contributed by atoms with Gasteiger partial charge in [0.1, 0.15) is 5.69 Å². The van der Waals surface area contributed by atoms with Crippen LogP contribution >= 0.6 is 0 Å². The van der Waals surface area contributed by atoms with Crippen molar-refractivity contribution in [1.82, 2.24) is 24.9 Å². The van der Waals surface area contributed by atoms with E-state index in [-0.39, 0.29) is 30.6 Å². The van der Waals surface area contributed by atoms with Crippen molar-refractivity contribution in [1.29, 1.82) is 0 Å². The van der Waals surface area contributed by atoms with E-state index in [9.17, 15) is 9.59 Å². The van der Waals surface area contributed by atoms with Crippen LogP contribution in [0.1, 0.15) is 41.1 Å². The highest BCUT2D eigenvalue weighted by atomic mass is 16.4. The molecule has 0 aliphatic rings. The van der Waals surface area contributed by atoms with E-state index in [0.717, 1.165) is 11.3 Å². The SMILES string of the molecule is Cc1nn(C)cc1C(C)NC(=O)c1ccn(CCC(=O)O)n1. The number of nitrogens with zero attached hydrogens (tertiary/aromatic N) is 4. The highest BCUT2D eigenvalue weighted by molar-refractivity contribution is 5.92. The van der Waals surface area contributed by atoms with Crippen molar-refractivity contribution < 1.29 is 14.7 Å². The number of aliphatic carboxylic acids is 1. The number of carboxylic acids is 1. The summed E-state index contributed by atoms with van der Waals surface area (Å²) in [4.78, 5) is 22.7. The monoisotopic (exact) mass is 305 g/mol. The number of rotatable bonds is 6. The largest absolute Gasteiger partial charge is 0.481 e. The Balaban J connectivity index is 2.00. The maximum atomic E-state index is 12.2. The molecule has 118 valence electrons. The van der Waals surface area contributed by atoms with Gasteiger partial charge < -0.3 is 10.4 Å². The van der Waals surface area contributed by atoms with Crippen molar-refractivity contribution >= 4 is 11.9 Å². The summed E-state index contributed by atoms with van der Waals surface area (Å²) in [6.45, 7) is 4.00. The summed E-state index contributed by atoms with van der Waals surface area (Å²) in [5.74, 6) is -1.20. The van der Waals surface area contributed by atoms with Gasteiger partial charge in [0.25, 0.3) is 5.91 Å². The van der Waals surface area contributed by atoms with Crippen LogP contribution in [0.15, 0.2) is 18.5 Å². The molecule has 0 aromatic carbocycles. The topological polar surface area (TPSA) is 102 Å². The lowest BCUT2D eigenvalue weighted by Gasteiger charge is -2.12. The Morgan fingerprint density at radius 3 is 2.73 bits per heavy atom. The van der Waals surface area contributed by atoms with Gasteiger partial charge in [0.05, 0.1) is 24.7 Å². The van der Waals surface area contributed by atoms with E-state index in [2.05, 4.69) is 15.5 Å². The molecule has 1 unspecified atom stereocenters. The fourth-order valence-corrected chi connectivity index (χ4v) is 2.21. The maximum Gasteiger partial charge on any atom is 0.305 e. The summed E-state index contributed by atoms with van der Waals surface area (Å²) in [6.07, 6.45) is 3.43. The van der Waals surface area contributed by atoms with Gasteiger partial charge in [-0.05, 0) is 19.9 Å². The number of aromatic nitrogens is 4. The van der Waals surface area contributed by atoms with Gasteiger partial charge in [-0.15, -0.1) is 0 Å². The van der Waals surface area contributed by atoms with Crippen LogP contribution in [-0.4, -0.2) is 36.5 Å². The van der Waals surface area contributed by atoms with Gasteiger partial charge in [0, 0.05) is 25.0 Å². The molecule has 1 amide bonds. The Morgan fingerprint density at radius 2 is 2.14 bits per heavy atom. The minimum atomic E-state index is -0.901. The van der Waals surface area contributed by atoms with Crippen molar-refractivity contribution in [3.8, 4) is 0 Å². The van der Waals surface area contributed by atoms with Gasteiger partial charge >= 0.3 is 5.97 Å². The molecule has 22 heavy (non-hydrogen) atoms. The second kappa shape index (κ2) is 6.42. The van der Waals surface area contributed by atoms with Gasteiger partial charge in [-0.3, -0.25) is 19.0 Å². The third-order valence-electron chi connectivity index (χ3n) is 3.29. The molecule has 0 saturated carbocycles. The third kappa shape index (κ3) is 3.72. The summed E-state index contributed by atoms with van der Waals surface area (Å²) < 4.78 is 3.15. The second-order valence-corrected chi connectivity index (χ2v) is 5.15. The quantitative estimate of drug-likeness (QED) is 0.825. The molecule has 2 aromatic rings. The number of nitrogens with one attached hydrogen (secondary N) is 1. The molecule has 8 nitrogen and oxygen atoms in total. The lowest BCUT2D eigenvalue weighted by Crippen LogP contribution is -2.27. The molecule has 0 fully saturated rings. The zero-order valence-corrected chi connectivity index (χ0v) is 12.8. The number of carbonyl (C=O) groups excluding carboxylic acids is 1. The number of hydrogen-bond acceptors (Lipinski definition) is 4. The minimum Gasteiger partial charge on any atom is -0.481 e. The molecule has 0 radical (unpaired) electrons. The smallest absolute Gasteiger partial charge is 0.305 e. The van der Waals surface area contributed by atoms with E-state index in [0.29, 0.717) is 0 Å². The van der Waals surface area contributed by atoms with E-state index >= 15 is 0 Å². The molecule has 0 aliphatic heterocycles. The highest BCUT2D eigenvalue weighted by Gasteiger charge is 2.17. The van der Waals surface area contributed by atoms with Crippen molar-refractivity contribution in [3.63, 3.8) is 0 Å². The van der Waals surface area contributed by atoms with Crippen LogP contribution in [-0.2, 0) is 18.4 Å². The number of aryl methyl sites for hydroxylation is 3. The first-order valence-electron chi connectivity index (χ1n) is 6.93. The Kier molecular flexibility index (Phi) is 4.59. The van der Waals surface area contributed by atoms with E-state index in [1.807, 2.05) is 27.1 Å². The standard InChI is InChI=1S/C14H19N5O3/c1-9(11-8-18(3)16-10(11)2)15-14(22)12-4-6-19(17-12)7-5-13(20)21/h4,6,8-9H,5,7H2,1-3H3,(H,15,22)(H,20,21). The summed E-state index contributed by atoms with van der Waals surface area (Å²) in [5.41, 5.74) is 2.07. The third-order valence-corrected chi connectivity index (χ3v) is 3.29. The minimum absolute atomic E-state index is 0.0337. The molecule has 2 aromatic heterocycles. The summed E-state index contributed by atoms with van der Waals surface area (Å²) in [6, 6.07) is 1.38. The predicted molar refractivity (Wildman–Crippen MR) is 78.3 cm³/mol. The molecule has 0 saturated heterocycles. The van der Waals surface area contributed by atoms with Gasteiger partial charge in [0.15, 0.2) is 0 Å². The van der Waals surface area contributed by atoms with Gasteiger partial charge in [-0.2, -0.15) is 10.2 Å². The lowest BCUT2D eigenvalue weighted by molar-refractivity contribution is -0.137. The highest BCUT2D eigenvalue weighted by Crippen LogP contribution is 2.15. The van der Waals surface area contributed by atoms with Crippen molar-refractivity contribution in [2.75, 3.05) is 0 Å². The van der Waals surface area contributed by atoms with Crippen LogP contribution in [0.2, 0.25) is 0 Å². The molecule has 0 aliphatic carbocycles. The summed E-state index contributed by atoms with van der Waals surface area (Å²) in [7, 11) is 1.83. The van der Waals surface area contributed by atoms with Gasteiger partial charge in [-0.25, -0.2) is 0 Å². The van der Waals surface area contributed by atoms with E-state index in [1.165, 1.54) is 4.68 Å². The molecule has 8 heteroatoms. The zero-order chi connectivity index (χ0) is 16.3.